The number of ether oxygens (including phenoxy) is 1. The fourth-order valence-electron chi connectivity index (χ4n) is 2.66. The number of carbonyl (C=O) groups excluding carboxylic acids is 1. The number of nitrogens with one attached hydrogen (secondary N) is 1. The zero-order valence-electron chi connectivity index (χ0n) is 14.9. The quantitative estimate of drug-likeness (QED) is 0.706. The molecule has 0 unspecified atom stereocenters. The first-order chi connectivity index (χ1) is 11.8. The van der Waals surface area contributed by atoms with Crippen LogP contribution >= 0.6 is 11.3 Å². The molecule has 3 aromatic rings. The lowest BCUT2D eigenvalue weighted by Gasteiger charge is -2.23. The van der Waals surface area contributed by atoms with Gasteiger partial charge in [0.25, 0.3) is 0 Å². The maximum Gasteiger partial charge on any atom is 0.221 e. The molecule has 2 aromatic carbocycles. The van der Waals surface area contributed by atoms with Crippen LogP contribution in [0.2, 0.25) is 0 Å². The molecule has 3 rings (SSSR count). The zero-order chi connectivity index (χ0) is 18.0. The molecule has 1 amide bonds. The number of benzene rings is 2. The fourth-order valence-corrected chi connectivity index (χ4v) is 3.54. The van der Waals surface area contributed by atoms with Crippen LogP contribution < -0.4 is 10.1 Å². The first-order valence-corrected chi connectivity index (χ1v) is 9.04. The number of carbonyl (C=O) groups is 1. The Labute approximate surface area is 151 Å². The molecule has 1 N–H and O–H groups in total. The molecular formula is C20H22N2O2S. The first kappa shape index (κ1) is 17.4. The second-order valence-corrected chi connectivity index (χ2v) is 8.12. The van der Waals surface area contributed by atoms with Gasteiger partial charge in [-0.05, 0) is 41.3 Å². The highest BCUT2D eigenvalue weighted by Crippen LogP contribution is 2.33. The van der Waals surface area contributed by atoms with E-state index in [9.17, 15) is 4.79 Å². The normalized spacial score (nSPS) is 11.5. The van der Waals surface area contributed by atoms with Crippen molar-refractivity contribution in [3.8, 4) is 5.75 Å². The van der Waals surface area contributed by atoms with Gasteiger partial charge in [0.15, 0.2) is 0 Å². The third-order valence-electron chi connectivity index (χ3n) is 3.81. The number of hydrogen-bond acceptors (Lipinski definition) is 4. The minimum Gasteiger partial charge on any atom is -0.486 e. The van der Waals surface area contributed by atoms with Crippen LogP contribution in [0.4, 0.5) is 5.69 Å². The van der Waals surface area contributed by atoms with E-state index in [1.165, 1.54) is 6.92 Å². The number of para-hydroxylation sites is 1. The van der Waals surface area contributed by atoms with Gasteiger partial charge in [0.05, 0.1) is 10.2 Å². The molecule has 0 saturated heterocycles. The summed E-state index contributed by atoms with van der Waals surface area (Å²) in [6.45, 7) is 8.30. The van der Waals surface area contributed by atoms with E-state index in [1.54, 1.807) is 11.3 Å². The van der Waals surface area contributed by atoms with E-state index in [-0.39, 0.29) is 11.3 Å². The van der Waals surface area contributed by atoms with Gasteiger partial charge >= 0.3 is 0 Å². The van der Waals surface area contributed by atoms with Crippen LogP contribution in [0.25, 0.3) is 10.2 Å². The van der Waals surface area contributed by atoms with Gasteiger partial charge in [-0.3, -0.25) is 4.79 Å². The minimum atomic E-state index is -0.104. The summed E-state index contributed by atoms with van der Waals surface area (Å²) < 4.78 is 7.12. The van der Waals surface area contributed by atoms with E-state index in [0.717, 1.165) is 32.2 Å². The van der Waals surface area contributed by atoms with Gasteiger partial charge in [0, 0.05) is 12.6 Å². The number of hydrogen-bond donors (Lipinski definition) is 1. The number of amides is 1. The maximum atomic E-state index is 11.4. The Morgan fingerprint density at radius 3 is 2.64 bits per heavy atom. The second-order valence-electron chi connectivity index (χ2n) is 7.00. The summed E-state index contributed by atoms with van der Waals surface area (Å²) in [6.07, 6.45) is 0. The van der Waals surface area contributed by atoms with E-state index in [4.69, 9.17) is 4.74 Å². The molecule has 1 heterocycles. The minimum absolute atomic E-state index is 0.0753. The van der Waals surface area contributed by atoms with E-state index < -0.39 is 0 Å². The first-order valence-electron chi connectivity index (χ1n) is 8.22. The molecule has 0 spiro atoms. The van der Waals surface area contributed by atoms with Crippen molar-refractivity contribution >= 4 is 33.1 Å². The number of aromatic nitrogens is 1. The third-order valence-corrected chi connectivity index (χ3v) is 4.82. The number of fused-ring (bicyclic) bond motifs is 1. The van der Waals surface area contributed by atoms with Crippen molar-refractivity contribution in [3.63, 3.8) is 0 Å². The van der Waals surface area contributed by atoms with E-state index >= 15 is 0 Å². The van der Waals surface area contributed by atoms with E-state index in [0.29, 0.717) is 6.61 Å². The topological polar surface area (TPSA) is 51.2 Å². The summed E-state index contributed by atoms with van der Waals surface area (Å²) in [5.41, 5.74) is 2.77. The summed E-state index contributed by atoms with van der Waals surface area (Å²) in [5.74, 6) is 0.701. The molecule has 0 aliphatic rings. The number of rotatable bonds is 4. The van der Waals surface area contributed by atoms with Crippen LogP contribution in [-0.4, -0.2) is 10.9 Å². The molecule has 0 radical (unpaired) electrons. The summed E-state index contributed by atoms with van der Waals surface area (Å²) >= 11 is 1.64. The van der Waals surface area contributed by atoms with Crippen molar-refractivity contribution in [3.05, 3.63) is 53.0 Å². The number of thiazole rings is 1. The highest BCUT2D eigenvalue weighted by molar-refractivity contribution is 7.18. The molecule has 0 aliphatic carbocycles. The zero-order valence-corrected chi connectivity index (χ0v) is 15.7. The van der Waals surface area contributed by atoms with Crippen LogP contribution in [0.1, 0.15) is 38.3 Å². The van der Waals surface area contributed by atoms with Crippen molar-refractivity contribution < 1.29 is 9.53 Å². The molecule has 130 valence electrons. The lowest BCUT2D eigenvalue weighted by Crippen LogP contribution is -2.17. The monoisotopic (exact) mass is 354 g/mol. The highest BCUT2D eigenvalue weighted by atomic mass is 32.1. The molecule has 4 nitrogen and oxygen atoms in total. The molecule has 25 heavy (non-hydrogen) atoms. The lowest BCUT2D eigenvalue weighted by atomic mass is 9.85. The molecule has 0 fully saturated rings. The molecule has 5 heteroatoms. The van der Waals surface area contributed by atoms with Crippen molar-refractivity contribution in [1.29, 1.82) is 0 Å². The number of nitrogens with zero attached hydrogens (tertiary/aromatic N) is 1. The van der Waals surface area contributed by atoms with Gasteiger partial charge < -0.3 is 10.1 Å². The van der Waals surface area contributed by atoms with Crippen LogP contribution in [0.3, 0.4) is 0 Å². The highest BCUT2D eigenvalue weighted by Gasteiger charge is 2.19. The van der Waals surface area contributed by atoms with Gasteiger partial charge in [-0.25, -0.2) is 4.98 Å². The van der Waals surface area contributed by atoms with Gasteiger partial charge in [-0.1, -0.05) is 32.9 Å². The molecular weight excluding hydrogens is 332 g/mol. The molecule has 0 bridgehead atoms. The maximum absolute atomic E-state index is 11.4. The standard InChI is InChI=1S/C20H22N2O2S/c1-13(23)21-16-10-9-14(11-15(16)20(2,3)4)24-12-19-22-17-7-5-6-8-18(17)25-19/h5-11H,12H2,1-4H3,(H,21,23). The molecule has 1 aromatic heterocycles. The van der Waals surface area contributed by atoms with Crippen molar-refractivity contribution in [2.45, 2.75) is 39.7 Å². The van der Waals surface area contributed by atoms with Gasteiger partial charge in [-0.2, -0.15) is 0 Å². The Morgan fingerprint density at radius 1 is 1.20 bits per heavy atom. The Bertz CT molecular complexity index is 876. The molecule has 0 aliphatic heterocycles. The van der Waals surface area contributed by atoms with E-state index in [2.05, 4.69) is 37.1 Å². The summed E-state index contributed by atoms with van der Waals surface area (Å²) in [6, 6.07) is 13.9. The smallest absolute Gasteiger partial charge is 0.221 e. The molecule has 0 atom stereocenters. The summed E-state index contributed by atoms with van der Waals surface area (Å²) in [7, 11) is 0. The Morgan fingerprint density at radius 2 is 1.96 bits per heavy atom. The average Bonchev–Trinajstić information content (AvgIpc) is 2.95. The summed E-state index contributed by atoms with van der Waals surface area (Å²) in [4.78, 5) is 16.0. The third kappa shape index (κ3) is 4.17. The fraction of sp³-hybridized carbons (Fsp3) is 0.300. The predicted octanol–water partition coefficient (Wildman–Crippen LogP) is 5.13. The van der Waals surface area contributed by atoms with Crippen molar-refractivity contribution in [1.82, 2.24) is 4.98 Å². The Hall–Kier alpha value is -2.40. The van der Waals surface area contributed by atoms with Crippen molar-refractivity contribution in [2.75, 3.05) is 5.32 Å². The van der Waals surface area contributed by atoms with Gasteiger partial charge in [-0.15, -0.1) is 11.3 Å². The lowest BCUT2D eigenvalue weighted by molar-refractivity contribution is -0.114. The van der Waals surface area contributed by atoms with E-state index in [1.807, 2.05) is 36.4 Å². The van der Waals surface area contributed by atoms with Crippen LogP contribution in [-0.2, 0) is 16.8 Å². The van der Waals surface area contributed by atoms with Crippen LogP contribution in [0, 0.1) is 0 Å². The second kappa shape index (κ2) is 6.84. The SMILES string of the molecule is CC(=O)Nc1ccc(OCc2nc3ccccc3s2)cc1C(C)(C)C. The Kier molecular flexibility index (Phi) is 4.77. The van der Waals surface area contributed by atoms with Crippen LogP contribution in [0.15, 0.2) is 42.5 Å². The summed E-state index contributed by atoms with van der Waals surface area (Å²) in [5, 5.41) is 3.84. The predicted molar refractivity (Wildman–Crippen MR) is 103 cm³/mol. The van der Waals surface area contributed by atoms with Crippen LogP contribution in [0.5, 0.6) is 5.75 Å². The largest absolute Gasteiger partial charge is 0.486 e. The number of anilines is 1. The van der Waals surface area contributed by atoms with Gasteiger partial charge in [0.1, 0.15) is 17.4 Å². The molecule has 0 saturated carbocycles. The average molecular weight is 354 g/mol. The Balaban J connectivity index is 1.81. The van der Waals surface area contributed by atoms with Crippen molar-refractivity contribution in [2.24, 2.45) is 0 Å². The van der Waals surface area contributed by atoms with Gasteiger partial charge in [0.2, 0.25) is 5.91 Å².